The molecule has 3 N–H and O–H groups in total. The van der Waals surface area contributed by atoms with Crippen molar-refractivity contribution in [3.63, 3.8) is 0 Å². The molecule has 5 heteroatoms. The predicted molar refractivity (Wildman–Crippen MR) is 96.6 cm³/mol. The van der Waals surface area contributed by atoms with Gasteiger partial charge in [0, 0.05) is 11.8 Å². The van der Waals surface area contributed by atoms with E-state index >= 15 is 0 Å². The van der Waals surface area contributed by atoms with Gasteiger partial charge in [-0.15, -0.1) is 0 Å². The van der Waals surface area contributed by atoms with Crippen molar-refractivity contribution in [2.45, 2.75) is 51.0 Å². The molecule has 4 bridgehead atoms. The maximum Gasteiger partial charge on any atom is 0.240 e. The maximum absolute atomic E-state index is 13.1. The highest BCUT2D eigenvalue weighted by molar-refractivity contribution is 5.89. The highest BCUT2D eigenvalue weighted by Crippen LogP contribution is 2.60. The molecule has 0 aromatic heterocycles. The predicted octanol–water partition coefficient (Wildman–Crippen LogP) is 2.29. The number of nitrogens with two attached hydrogens (primary N) is 1. The summed E-state index contributed by atoms with van der Waals surface area (Å²) in [4.78, 5) is 25.1. The van der Waals surface area contributed by atoms with Crippen molar-refractivity contribution < 1.29 is 9.59 Å². The zero-order chi connectivity index (χ0) is 18.3. The normalized spacial score (nSPS) is 32.7. The molecule has 4 fully saturated rings. The molecule has 0 unspecified atom stereocenters. The van der Waals surface area contributed by atoms with Crippen LogP contribution in [0.1, 0.15) is 49.7 Å². The second-order valence-electron chi connectivity index (χ2n) is 8.64. The molecule has 26 heavy (non-hydrogen) atoms. The van der Waals surface area contributed by atoms with Crippen LogP contribution in [0.2, 0.25) is 0 Å². The largest absolute Gasteiger partial charge is 0.368 e. The Morgan fingerprint density at radius 2 is 1.65 bits per heavy atom. The summed E-state index contributed by atoms with van der Waals surface area (Å²) in [6.07, 6.45) is 7.08. The lowest BCUT2D eigenvalue weighted by Gasteiger charge is -2.55. The summed E-state index contributed by atoms with van der Waals surface area (Å²) < 4.78 is 0. The quantitative estimate of drug-likeness (QED) is 0.852. The highest BCUT2D eigenvalue weighted by atomic mass is 16.2. The summed E-state index contributed by atoms with van der Waals surface area (Å²) in [5.74, 6) is 1.55. The molecule has 1 aromatic carbocycles. The van der Waals surface area contributed by atoms with Gasteiger partial charge in [-0.3, -0.25) is 9.59 Å². The van der Waals surface area contributed by atoms with E-state index in [4.69, 9.17) is 11.0 Å². The van der Waals surface area contributed by atoms with Crippen LogP contribution in [0.25, 0.3) is 0 Å². The van der Waals surface area contributed by atoms with Crippen molar-refractivity contribution in [1.82, 2.24) is 5.32 Å². The Bertz CT molecular complexity index is 727. The van der Waals surface area contributed by atoms with Crippen LogP contribution in [0.5, 0.6) is 0 Å². The minimum atomic E-state index is -0.705. The molecule has 4 aliphatic rings. The van der Waals surface area contributed by atoms with Crippen LogP contribution >= 0.6 is 0 Å². The number of nitrogens with one attached hydrogen (secondary N) is 1. The topological polar surface area (TPSA) is 96.0 Å². The molecule has 136 valence electrons. The van der Waals surface area contributed by atoms with Crippen molar-refractivity contribution in [3.05, 3.63) is 35.4 Å². The fourth-order valence-electron chi connectivity index (χ4n) is 5.87. The number of primary amides is 1. The summed E-state index contributed by atoms with van der Waals surface area (Å²) in [7, 11) is 0. The van der Waals surface area contributed by atoms with E-state index in [1.54, 1.807) is 12.1 Å². The van der Waals surface area contributed by atoms with E-state index in [0.29, 0.717) is 29.7 Å². The molecule has 2 amide bonds. The molecule has 5 rings (SSSR count). The Balaban J connectivity index is 1.47. The van der Waals surface area contributed by atoms with E-state index < -0.39 is 11.9 Å². The minimum Gasteiger partial charge on any atom is -0.368 e. The van der Waals surface area contributed by atoms with Crippen LogP contribution in [0, 0.1) is 34.5 Å². The summed E-state index contributed by atoms with van der Waals surface area (Å²) in [5.41, 5.74) is 6.75. The number of carbonyl (C=O) groups excluding carboxylic acids is 2. The molecule has 1 atom stereocenters. The Morgan fingerprint density at radius 1 is 1.12 bits per heavy atom. The summed E-state index contributed by atoms with van der Waals surface area (Å²) in [6, 6.07) is 8.43. The average Bonchev–Trinajstić information content (AvgIpc) is 2.60. The van der Waals surface area contributed by atoms with Gasteiger partial charge >= 0.3 is 0 Å². The Hall–Kier alpha value is -2.35. The van der Waals surface area contributed by atoms with Gasteiger partial charge in [-0.1, -0.05) is 12.1 Å². The molecule has 4 aliphatic carbocycles. The molecule has 0 saturated heterocycles. The third-order valence-electron chi connectivity index (χ3n) is 6.69. The smallest absolute Gasteiger partial charge is 0.240 e. The Morgan fingerprint density at radius 3 is 2.12 bits per heavy atom. The lowest BCUT2D eigenvalue weighted by atomic mass is 9.49. The van der Waals surface area contributed by atoms with Gasteiger partial charge in [0.15, 0.2) is 0 Å². The number of amides is 2. The van der Waals surface area contributed by atoms with Gasteiger partial charge in [0.1, 0.15) is 6.04 Å². The molecule has 0 aliphatic heterocycles. The van der Waals surface area contributed by atoms with Gasteiger partial charge < -0.3 is 11.1 Å². The fraction of sp³-hybridized carbons (Fsp3) is 0.571. The van der Waals surface area contributed by atoms with Gasteiger partial charge in [-0.2, -0.15) is 5.26 Å². The monoisotopic (exact) mass is 351 g/mol. The number of benzene rings is 1. The lowest BCUT2D eigenvalue weighted by molar-refractivity contribution is -0.148. The first kappa shape index (κ1) is 17.1. The number of hydrogen-bond acceptors (Lipinski definition) is 3. The minimum absolute atomic E-state index is 0.0223. The first-order valence-electron chi connectivity index (χ1n) is 9.57. The van der Waals surface area contributed by atoms with Gasteiger partial charge in [-0.05, 0) is 74.0 Å². The van der Waals surface area contributed by atoms with Gasteiger partial charge in [0.2, 0.25) is 11.8 Å². The van der Waals surface area contributed by atoms with E-state index in [1.165, 1.54) is 19.3 Å². The zero-order valence-electron chi connectivity index (χ0n) is 14.9. The first-order valence-corrected chi connectivity index (χ1v) is 9.57. The van der Waals surface area contributed by atoms with E-state index in [0.717, 1.165) is 24.8 Å². The van der Waals surface area contributed by atoms with Crippen LogP contribution in [0.4, 0.5) is 0 Å². The average molecular weight is 351 g/mol. The summed E-state index contributed by atoms with van der Waals surface area (Å²) >= 11 is 0. The second-order valence-corrected chi connectivity index (χ2v) is 8.64. The first-order chi connectivity index (χ1) is 12.5. The number of hydrogen-bond donors (Lipinski definition) is 2. The Labute approximate surface area is 153 Å². The van der Waals surface area contributed by atoms with Crippen LogP contribution in [-0.2, 0) is 16.0 Å². The molecule has 5 nitrogen and oxygen atoms in total. The zero-order valence-corrected chi connectivity index (χ0v) is 14.9. The van der Waals surface area contributed by atoms with E-state index in [9.17, 15) is 9.59 Å². The third-order valence-corrected chi connectivity index (χ3v) is 6.69. The van der Waals surface area contributed by atoms with Crippen LogP contribution in [0.15, 0.2) is 24.3 Å². The van der Waals surface area contributed by atoms with E-state index in [1.807, 2.05) is 12.1 Å². The van der Waals surface area contributed by atoms with Crippen LogP contribution in [-0.4, -0.2) is 17.9 Å². The SMILES string of the molecule is N#Cc1ccc(C[C@@H](NC(=O)C23CC4CC(CC(C4)C2)C3)C(N)=O)cc1. The molecule has 0 heterocycles. The molecular weight excluding hydrogens is 326 g/mol. The number of rotatable bonds is 5. The number of nitriles is 1. The summed E-state index contributed by atoms with van der Waals surface area (Å²) in [5, 5.41) is 11.9. The molecule has 4 saturated carbocycles. The van der Waals surface area contributed by atoms with Gasteiger partial charge in [0.25, 0.3) is 0 Å². The maximum atomic E-state index is 13.1. The second kappa shape index (κ2) is 6.42. The summed E-state index contributed by atoms with van der Waals surface area (Å²) in [6.45, 7) is 0. The number of carbonyl (C=O) groups is 2. The van der Waals surface area contributed by atoms with E-state index in [-0.39, 0.29) is 11.3 Å². The van der Waals surface area contributed by atoms with Crippen molar-refractivity contribution in [3.8, 4) is 6.07 Å². The third kappa shape index (κ3) is 3.09. The standard InChI is InChI=1S/C21H25N3O2/c22-12-14-3-1-13(2-4-14)8-18(19(23)25)24-20(26)21-9-15-5-16(10-21)7-17(6-15)11-21/h1-4,15-18H,5-11H2,(H2,23,25)(H,24,26)/t15?,16?,17?,18-,21?/m1/s1. The molecule has 0 radical (unpaired) electrons. The van der Waals surface area contributed by atoms with Crippen LogP contribution < -0.4 is 11.1 Å². The van der Waals surface area contributed by atoms with Crippen molar-refractivity contribution in [2.24, 2.45) is 28.9 Å². The molecular formula is C21H25N3O2. The van der Waals surface area contributed by atoms with Gasteiger partial charge in [-0.25, -0.2) is 0 Å². The number of nitrogens with zero attached hydrogens (tertiary/aromatic N) is 1. The van der Waals surface area contributed by atoms with Gasteiger partial charge in [0.05, 0.1) is 11.6 Å². The Kier molecular flexibility index (Phi) is 4.22. The van der Waals surface area contributed by atoms with Crippen molar-refractivity contribution in [1.29, 1.82) is 5.26 Å². The lowest BCUT2D eigenvalue weighted by Crippen LogP contribution is -2.57. The van der Waals surface area contributed by atoms with Crippen LogP contribution in [0.3, 0.4) is 0 Å². The highest BCUT2D eigenvalue weighted by Gasteiger charge is 2.54. The van der Waals surface area contributed by atoms with Crippen molar-refractivity contribution >= 4 is 11.8 Å². The fourth-order valence-corrected chi connectivity index (χ4v) is 5.87. The van der Waals surface area contributed by atoms with Crippen molar-refractivity contribution in [2.75, 3.05) is 0 Å². The molecule has 0 spiro atoms. The molecule has 1 aromatic rings. The van der Waals surface area contributed by atoms with E-state index in [2.05, 4.69) is 11.4 Å².